The molecule has 0 radical (unpaired) electrons. The molecule has 3 heteroatoms. The fourth-order valence-electron chi connectivity index (χ4n) is 2.36. The molecule has 1 heterocycles. The maximum Gasteiger partial charge on any atom is 0.123 e. The van der Waals surface area contributed by atoms with Crippen molar-refractivity contribution >= 4 is 0 Å². The van der Waals surface area contributed by atoms with E-state index in [1.807, 2.05) is 19.1 Å². The zero-order valence-electron chi connectivity index (χ0n) is 10.2. The Bertz CT molecular complexity index is 397. The Labute approximate surface area is 102 Å². The number of nitrogens with one attached hydrogen (secondary N) is 1. The molecule has 0 spiro atoms. The molecule has 2 rings (SSSR count). The van der Waals surface area contributed by atoms with Gasteiger partial charge < -0.3 is 5.32 Å². The van der Waals surface area contributed by atoms with Crippen LogP contribution in [-0.2, 0) is 0 Å². The summed E-state index contributed by atoms with van der Waals surface area (Å²) in [6.07, 6.45) is 1.91. The van der Waals surface area contributed by atoms with Crippen LogP contribution in [0.15, 0.2) is 30.9 Å². The second kappa shape index (κ2) is 5.43. The lowest BCUT2D eigenvalue weighted by molar-refractivity contribution is 0.203. The highest BCUT2D eigenvalue weighted by Crippen LogP contribution is 2.25. The van der Waals surface area contributed by atoms with E-state index in [0.717, 1.165) is 37.3 Å². The first kappa shape index (κ1) is 12.3. The van der Waals surface area contributed by atoms with Crippen molar-refractivity contribution in [3.8, 4) is 0 Å². The highest BCUT2D eigenvalue weighted by atomic mass is 19.1. The van der Waals surface area contributed by atoms with Gasteiger partial charge in [-0.25, -0.2) is 4.39 Å². The Morgan fingerprint density at radius 2 is 2.12 bits per heavy atom. The molecule has 0 bridgehead atoms. The number of piperazine rings is 1. The normalized spacial score (nSPS) is 18.9. The highest BCUT2D eigenvalue weighted by molar-refractivity contribution is 5.32. The van der Waals surface area contributed by atoms with E-state index in [-0.39, 0.29) is 11.9 Å². The van der Waals surface area contributed by atoms with Gasteiger partial charge in [-0.15, -0.1) is 6.58 Å². The van der Waals surface area contributed by atoms with Gasteiger partial charge in [-0.3, -0.25) is 4.90 Å². The molecule has 0 aromatic heterocycles. The fraction of sp³-hybridized carbons (Fsp3) is 0.429. The van der Waals surface area contributed by atoms with E-state index in [1.165, 1.54) is 6.07 Å². The zero-order chi connectivity index (χ0) is 12.3. The Morgan fingerprint density at radius 1 is 1.41 bits per heavy atom. The van der Waals surface area contributed by atoms with Gasteiger partial charge in [0, 0.05) is 26.2 Å². The minimum atomic E-state index is -0.174. The van der Waals surface area contributed by atoms with E-state index in [1.54, 1.807) is 6.07 Å². The van der Waals surface area contributed by atoms with Crippen molar-refractivity contribution in [3.05, 3.63) is 47.8 Å². The van der Waals surface area contributed by atoms with Crippen molar-refractivity contribution < 1.29 is 4.39 Å². The van der Waals surface area contributed by atoms with Gasteiger partial charge in [0.25, 0.3) is 0 Å². The second-order valence-corrected chi connectivity index (χ2v) is 4.47. The summed E-state index contributed by atoms with van der Waals surface area (Å²) in [7, 11) is 0. The number of rotatable bonds is 3. The van der Waals surface area contributed by atoms with Gasteiger partial charge in [0.05, 0.1) is 6.04 Å². The number of aryl methyl sites for hydroxylation is 1. The van der Waals surface area contributed by atoms with Crippen molar-refractivity contribution in [1.82, 2.24) is 10.2 Å². The first-order valence-electron chi connectivity index (χ1n) is 6.06. The van der Waals surface area contributed by atoms with E-state index in [4.69, 9.17) is 0 Å². The molecule has 1 aliphatic rings. The average molecular weight is 234 g/mol. The molecule has 1 saturated heterocycles. The van der Waals surface area contributed by atoms with Gasteiger partial charge >= 0.3 is 0 Å². The summed E-state index contributed by atoms with van der Waals surface area (Å²) in [5.74, 6) is -0.174. The molecule has 92 valence electrons. The number of benzene rings is 1. The molecule has 1 aliphatic heterocycles. The highest BCUT2D eigenvalue weighted by Gasteiger charge is 2.20. The van der Waals surface area contributed by atoms with E-state index in [2.05, 4.69) is 16.8 Å². The summed E-state index contributed by atoms with van der Waals surface area (Å²) < 4.78 is 13.3. The van der Waals surface area contributed by atoms with E-state index in [9.17, 15) is 4.39 Å². The molecule has 1 fully saturated rings. The van der Waals surface area contributed by atoms with Crippen molar-refractivity contribution in [2.75, 3.05) is 26.2 Å². The number of hydrogen-bond donors (Lipinski definition) is 1. The second-order valence-electron chi connectivity index (χ2n) is 4.47. The molecule has 0 amide bonds. The smallest absolute Gasteiger partial charge is 0.123 e. The van der Waals surface area contributed by atoms with Crippen LogP contribution >= 0.6 is 0 Å². The molecule has 1 N–H and O–H groups in total. The Morgan fingerprint density at radius 3 is 2.76 bits per heavy atom. The van der Waals surface area contributed by atoms with E-state index in [0.29, 0.717) is 0 Å². The minimum Gasteiger partial charge on any atom is -0.314 e. The summed E-state index contributed by atoms with van der Waals surface area (Å²) in [4.78, 5) is 2.34. The first-order chi connectivity index (χ1) is 8.22. The molecule has 2 nitrogen and oxygen atoms in total. The van der Waals surface area contributed by atoms with Gasteiger partial charge in [0.2, 0.25) is 0 Å². The van der Waals surface area contributed by atoms with Crippen LogP contribution in [0, 0.1) is 12.7 Å². The fourth-order valence-corrected chi connectivity index (χ4v) is 2.36. The summed E-state index contributed by atoms with van der Waals surface area (Å²) >= 11 is 0. The van der Waals surface area contributed by atoms with Crippen molar-refractivity contribution in [1.29, 1.82) is 0 Å². The third kappa shape index (κ3) is 2.73. The minimum absolute atomic E-state index is 0.118. The molecular formula is C14H19FN2. The number of hydrogen-bond acceptors (Lipinski definition) is 2. The molecular weight excluding hydrogens is 215 g/mol. The largest absolute Gasteiger partial charge is 0.314 e. The van der Waals surface area contributed by atoms with E-state index < -0.39 is 0 Å². The topological polar surface area (TPSA) is 15.3 Å². The quantitative estimate of drug-likeness (QED) is 0.807. The third-order valence-electron chi connectivity index (χ3n) is 3.33. The predicted octanol–water partition coefficient (Wildman–Crippen LogP) is 2.27. The van der Waals surface area contributed by atoms with Crippen molar-refractivity contribution in [3.63, 3.8) is 0 Å². The molecule has 0 unspecified atom stereocenters. The van der Waals surface area contributed by atoms with Crippen LogP contribution in [0.4, 0.5) is 4.39 Å². The summed E-state index contributed by atoms with van der Waals surface area (Å²) in [5.41, 5.74) is 2.15. The summed E-state index contributed by atoms with van der Waals surface area (Å²) in [5, 5.41) is 3.32. The number of halogens is 1. The Balaban J connectivity index is 2.27. The molecule has 1 aromatic rings. The number of nitrogens with zero attached hydrogens (tertiary/aromatic N) is 1. The van der Waals surface area contributed by atoms with Gasteiger partial charge in [0.1, 0.15) is 5.82 Å². The maximum absolute atomic E-state index is 13.3. The maximum atomic E-state index is 13.3. The molecule has 1 aromatic carbocycles. The van der Waals surface area contributed by atoms with Crippen LogP contribution < -0.4 is 5.32 Å². The van der Waals surface area contributed by atoms with Gasteiger partial charge in [-0.1, -0.05) is 12.1 Å². The molecule has 1 atom stereocenters. The Kier molecular flexibility index (Phi) is 3.92. The standard InChI is InChI=1S/C14H19FN2/c1-3-14(17-8-6-16-7-9-17)13-10-12(15)5-4-11(13)2/h3-5,10,14,16H,1,6-9H2,2H3/t14-/m0/s1. The van der Waals surface area contributed by atoms with Crippen LogP contribution in [0.1, 0.15) is 17.2 Å². The summed E-state index contributed by atoms with van der Waals surface area (Å²) in [6, 6.07) is 5.09. The van der Waals surface area contributed by atoms with Crippen LogP contribution in [0.25, 0.3) is 0 Å². The average Bonchev–Trinajstić information content (AvgIpc) is 2.36. The van der Waals surface area contributed by atoms with Gasteiger partial charge in [-0.2, -0.15) is 0 Å². The van der Waals surface area contributed by atoms with Crippen LogP contribution in [0.2, 0.25) is 0 Å². The first-order valence-corrected chi connectivity index (χ1v) is 6.06. The van der Waals surface area contributed by atoms with Crippen molar-refractivity contribution in [2.24, 2.45) is 0 Å². The third-order valence-corrected chi connectivity index (χ3v) is 3.33. The van der Waals surface area contributed by atoms with Gasteiger partial charge in [-0.05, 0) is 30.2 Å². The predicted molar refractivity (Wildman–Crippen MR) is 68.5 cm³/mol. The van der Waals surface area contributed by atoms with Gasteiger partial charge in [0.15, 0.2) is 0 Å². The van der Waals surface area contributed by atoms with Crippen LogP contribution in [0.5, 0.6) is 0 Å². The van der Waals surface area contributed by atoms with E-state index >= 15 is 0 Å². The lowest BCUT2D eigenvalue weighted by Gasteiger charge is -2.34. The molecule has 0 aliphatic carbocycles. The molecule has 17 heavy (non-hydrogen) atoms. The van der Waals surface area contributed by atoms with Crippen molar-refractivity contribution in [2.45, 2.75) is 13.0 Å². The molecule has 0 saturated carbocycles. The zero-order valence-corrected chi connectivity index (χ0v) is 10.2. The Hall–Kier alpha value is -1.19. The lowest BCUT2D eigenvalue weighted by atomic mass is 9.99. The monoisotopic (exact) mass is 234 g/mol. The van der Waals surface area contributed by atoms with Crippen LogP contribution in [-0.4, -0.2) is 31.1 Å². The van der Waals surface area contributed by atoms with Crippen LogP contribution in [0.3, 0.4) is 0 Å². The SMILES string of the molecule is C=C[C@@H](c1cc(F)ccc1C)N1CCNCC1. The lowest BCUT2D eigenvalue weighted by Crippen LogP contribution is -2.44. The summed E-state index contributed by atoms with van der Waals surface area (Å²) in [6.45, 7) is 9.85.